The van der Waals surface area contributed by atoms with E-state index in [0.717, 1.165) is 37.0 Å². The lowest BCUT2D eigenvalue weighted by molar-refractivity contribution is -0.139. The summed E-state index contributed by atoms with van der Waals surface area (Å²) in [5, 5.41) is 10.1. The van der Waals surface area contributed by atoms with Gasteiger partial charge < -0.3 is 10.8 Å². The van der Waals surface area contributed by atoms with Gasteiger partial charge >= 0.3 is 0 Å². The van der Waals surface area contributed by atoms with Gasteiger partial charge in [0.15, 0.2) is 0 Å². The first-order valence-electron chi connectivity index (χ1n) is 14.0. The molecule has 1 amide bonds. The summed E-state index contributed by atoms with van der Waals surface area (Å²) in [7, 11) is 0. The zero-order chi connectivity index (χ0) is 22.1. The minimum atomic E-state index is -0.0767. The highest BCUT2D eigenvalue weighted by atomic mass is 16.3. The van der Waals surface area contributed by atoms with Crippen molar-refractivity contribution in [1.29, 1.82) is 0 Å². The number of nitrogens with two attached hydrogens (primary N) is 1. The maximum Gasteiger partial charge on any atom is 0.221 e. The van der Waals surface area contributed by atoms with Gasteiger partial charge in [-0.15, -0.1) is 0 Å². The van der Waals surface area contributed by atoms with Crippen LogP contribution in [0.2, 0.25) is 0 Å². The molecule has 2 atom stereocenters. The molecule has 4 saturated carbocycles. The average Bonchev–Trinajstić information content (AvgIpc) is 2.71. The number of aliphatic hydroxyl groups excluding tert-OH is 1. The molecule has 0 radical (unpaired) electrons. The lowest BCUT2D eigenvalue weighted by Gasteiger charge is -2.59. The van der Waals surface area contributed by atoms with Gasteiger partial charge in [-0.3, -0.25) is 4.79 Å². The minimum absolute atomic E-state index is 0.00444. The Balaban J connectivity index is 1.23. The predicted octanol–water partition coefficient (Wildman–Crippen LogP) is 7.15. The molecule has 0 aliphatic heterocycles. The van der Waals surface area contributed by atoms with Crippen molar-refractivity contribution in [3.05, 3.63) is 0 Å². The molecule has 3 nitrogen and oxygen atoms in total. The van der Waals surface area contributed by atoms with E-state index in [1.807, 2.05) is 0 Å². The Bertz CT molecular complexity index is 496. The molecule has 3 heteroatoms. The van der Waals surface area contributed by atoms with Crippen LogP contribution >= 0.6 is 0 Å². The van der Waals surface area contributed by atoms with Crippen molar-refractivity contribution in [2.45, 2.75) is 141 Å². The van der Waals surface area contributed by atoms with E-state index in [1.54, 1.807) is 0 Å². The largest absolute Gasteiger partial charge is 0.393 e. The van der Waals surface area contributed by atoms with Crippen molar-refractivity contribution in [3.63, 3.8) is 0 Å². The van der Waals surface area contributed by atoms with Crippen LogP contribution in [0.15, 0.2) is 0 Å². The second-order valence-electron chi connectivity index (χ2n) is 11.8. The summed E-state index contributed by atoms with van der Waals surface area (Å²) in [6.07, 6.45) is 24.8. The van der Waals surface area contributed by atoms with Gasteiger partial charge in [0.2, 0.25) is 5.91 Å². The fraction of sp³-hybridized carbons (Fsp3) is 0.964. The van der Waals surface area contributed by atoms with Crippen LogP contribution in [0.5, 0.6) is 0 Å². The maximum absolute atomic E-state index is 12.4. The van der Waals surface area contributed by atoms with Gasteiger partial charge in [0.05, 0.1) is 6.10 Å². The number of carbonyl (C=O) groups is 1. The smallest absolute Gasteiger partial charge is 0.221 e. The molecule has 4 aliphatic carbocycles. The molecule has 31 heavy (non-hydrogen) atoms. The Labute approximate surface area is 192 Å². The zero-order valence-corrected chi connectivity index (χ0v) is 20.5. The van der Waals surface area contributed by atoms with Crippen LogP contribution in [-0.2, 0) is 4.79 Å². The molecule has 3 N–H and O–H groups in total. The Morgan fingerprint density at radius 1 is 0.774 bits per heavy atom. The van der Waals surface area contributed by atoms with Crippen molar-refractivity contribution in [2.24, 2.45) is 34.8 Å². The third kappa shape index (κ3) is 7.47. The summed E-state index contributed by atoms with van der Waals surface area (Å²) < 4.78 is 0. The van der Waals surface area contributed by atoms with Gasteiger partial charge in [-0.25, -0.2) is 0 Å². The second-order valence-corrected chi connectivity index (χ2v) is 11.8. The molecule has 0 heterocycles. The molecule has 0 aromatic carbocycles. The van der Waals surface area contributed by atoms with Gasteiger partial charge in [0.1, 0.15) is 0 Å². The van der Waals surface area contributed by atoms with Crippen molar-refractivity contribution in [2.75, 3.05) is 0 Å². The molecule has 4 fully saturated rings. The van der Waals surface area contributed by atoms with Crippen LogP contribution in [0, 0.1) is 29.1 Å². The van der Waals surface area contributed by atoms with Gasteiger partial charge in [0, 0.05) is 5.92 Å². The average molecular weight is 434 g/mol. The van der Waals surface area contributed by atoms with Crippen LogP contribution < -0.4 is 5.73 Å². The number of rotatable bonds is 17. The number of unbranched alkanes of at least 4 members (excludes halogenated alkanes) is 9. The molecule has 4 bridgehead atoms. The van der Waals surface area contributed by atoms with E-state index in [9.17, 15) is 9.90 Å². The zero-order valence-electron chi connectivity index (χ0n) is 20.5. The van der Waals surface area contributed by atoms with E-state index < -0.39 is 0 Å². The van der Waals surface area contributed by atoms with E-state index in [1.165, 1.54) is 109 Å². The maximum atomic E-state index is 12.4. The first-order valence-corrected chi connectivity index (χ1v) is 14.0. The highest BCUT2D eigenvalue weighted by Gasteiger charge is 2.55. The first-order chi connectivity index (χ1) is 15.0. The molecule has 4 rings (SSSR count). The molecule has 180 valence electrons. The van der Waals surface area contributed by atoms with Crippen LogP contribution in [0.4, 0.5) is 0 Å². The molecule has 0 aromatic heterocycles. The van der Waals surface area contributed by atoms with Gasteiger partial charge in [-0.1, -0.05) is 77.6 Å². The summed E-state index contributed by atoms with van der Waals surface area (Å²) in [5.41, 5.74) is 6.24. The summed E-state index contributed by atoms with van der Waals surface area (Å²) in [6.45, 7) is 2.23. The SMILES string of the molecule is CCCCCCC(O)CCCCCCCCCC(C(N)=O)C12CC3CC(CC(C3)C1)C2. The number of amides is 1. The fourth-order valence-electron chi connectivity index (χ4n) is 7.92. The van der Waals surface area contributed by atoms with Crippen molar-refractivity contribution < 1.29 is 9.90 Å². The lowest BCUT2D eigenvalue weighted by Crippen LogP contribution is -2.52. The van der Waals surface area contributed by atoms with Crippen LogP contribution in [0.3, 0.4) is 0 Å². The fourth-order valence-corrected chi connectivity index (χ4v) is 7.92. The first kappa shape index (κ1) is 25.1. The Hall–Kier alpha value is -0.570. The standard InChI is InChI=1S/C28H51NO2/c1-2-3-4-10-13-25(30)14-11-8-6-5-7-9-12-15-26(27(29)31)28-19-22-16-23(20-28)18-24(17-22)21-28/h22-26,30H,2-21H2,1H3,(H2,29,31). The molecule has 0 spiro atoms. The highest BCUT2D eigenvalue weighted by Crippen LogP contribution is 2.63. The number of aliphatic hydroxyl groups is 1. The van der Waals surface area contributed by atoms with E-state index in [2.05, 4.69) is 6.92 Å². The Morgan fingerprint density at radius 2 is 1.19 bits per heavy atom. The highest BCUT2D eigenvalue weighted by molar-refractivity contribution is 5.77. The van der Waals surface area contributed by atoms with Crippen LogP contribution in [-0.4, -0.2) is 17.1 Å². The third-order valence-electron chi connectivity index (χ3n) is 9.09. The predicted molar refractivity (Wildman–Crippen MR) is 130 cm³/mol. The van der Waals surface area contributed by atoms with Crippen molar-refractivity contribution in [1.82, 2.24) is 0 Å². The monoisotopic (exact) mass is 433 g/mol. The van der Waals surface area contributed by atoms with E-state index in [4.69, 9.17) is 5.73 Å². The summed E-state index contributed by atoms with van der Waals surface area (Å²) >= 11 is 0. The van der Waals surface area contributed by atoms with Crippen LogP contribution in [0.1, 0.15) is 135 Å². The topological polar surface area (TPSA) is 63.3 Å². The lowest BCUT2D eigenvalue weighted by atomic mass is 9.46. The summed E-state index contributed by atoms with van der Waals surface area (Å²) in [5.74, 6) is 2.81. The molecule has 0 saturated heterocycles. The van der Waals surface area contributed by atoms with Gasteiger partial charge in [-0.2, -0.15) is 0 Å². The number of hydrogen-bond donors (Lipinski definition) is 2. The van der Waals surface area contributed by atoms with Crippen molar-refractivity contribution in [3.8, 4) is 0 Å². The van der Waals surface area contributed by atoms with E-state index in [0.29, 0.717) is 0 Å². The van der Waals surface area contributed by atoms with E-state index >= 15 is 0 Å². The van der Waals surface area contributed by atoms with Crippen LogP contribution in [0.25, 0.3) is 0 Å². The molecular formula is C28H51NO2. The molecule has 2 unspecified atom stereocenters. The minimum Gasteiger partial charge on any atom is -0.393 e. The third-order valence-corrected chi connectivity index (χ3v) is 9.09. The normalized spacial score (nSPS) is 31.1. The quantitative estimate of drug-likeness (QED) is 0.239. The second kappa shape index (κ2) is 12.6. The number of hydrogen-bond acceptors (Lipinski definition) is 2. The molecule has 0 aromatic rings. The van der Waals surface area contributed by atoms with Gasteiger partial charge in [0.25, 0.3) is 0 Å². The van der Waals surface area contributed by atoms with E-state index in [-0.39, 0.29) is 23.3 Å². The van der Waals surface area contributed by atoms with Crippen molar-refractivity contribution >= 4 is 5.91 Å². The molecule has 4 aliphatic rings. The van der Waals surface area contributed by atoms with Gasteiger partial charge in [-0.05, 0) is 81.0 Å². The molecular weight excluding hydrogens is 382 g/mol. The summed E-state index contributed by atoms with van der Waals surface area (Å²) in [4.78, 5) is 12.4. The number of primary amides is 1. The summed E-state index contributed by atoms with van der Waals surface area (Å²) in [6, 6.07) is 0. The number of carbonyl (C=O) groups excluding carboxylic acids is 1. The Morgan fingerprint density at radius 3 is 1.65 bits per heavy atom. The Kier molecular flexibility index (Phi) is 10.2.